The van der Waals surface area contributed by atoms with Crippen molar-refractivity contribution in [3.8, 4) is 5.88 Å². The van der Waals surface area contributed by atoms with Crippen molar-refractivity contribution in [2.24, 2.45) is 5.92 Å². The molecule has 2 heterocycles. The smallest absolute Gasteiger partial charge is 0.272 e. The standard InChI is InChI=1S/C16H21F2N3O3/c1-10(2)7-12-15(22)20-5-6-21(12)16(23)11-3-4-19-14(8-11)24-9-13(17)18/h3-4,8,10,12-13H,5-7,9H2,1-2H3,(H,20,22)/t12-/m1/s1. The topological polar surface area (TPSA) is 71.5 Å². The number of nitrogens with zero attached hydrogens (tertiary/aromatic N) is 2. The van der Waals surface area contributed by atoms with Gasteiger partial charge in [-0.1, -0.05) is 13.8 Å². The van der Waals surface area contributed by atoms with Gasteiger partial charge in [0.15, 0.2) is 6.61 Å². The summed E-state index contributed by atoms with van der Waals surface area (Å²) in [5.74, 6) is -0.300. The van der Waals surface area contributed by atoms with Crippen LogP contribution in [0.4, 0.5) is 8.78 Å². The Balaban J connectivity index is 2.16. The Hall–Kier alpha value is -2.25. The second kappa shape index (κ2) is 8.03. The number of rotatable bonds is 6. The number of ether oxygens (including phenoxy) is 1. The molecule has 0 saturated carbocycles. The molecular formula is C16H21F2N3O3. The molecule has 0 spiro atoms. The molecule has 0 aliphatic carbocycles. The lowest BCUT2D eigenvalue weighted by molar-refractivity contribution is -0.128. The fourth-order valence-corrected chi connectivity index (χ4v) is 2.57. The van der Waals surface area contributed by atoms with Crippen molar-refractivity contribution in [1.29, 1.82) is 0 Å². The van der Waals surface area contributed by atoms with Gasteiger partial charge in [-0.15, -0.1) is 0 Å². The lowest BCUT2D eigenvalue weighted by atomic mass is 9.99. The third-order valence-corrected chi connectivity index (χ3v) is 3.63. The summed E-state index contributed by atoms with van der Waals surface area (Å²) in [5.41, 5.74) is 0.262. The van der Waals surface area contributed by atoms with Gasteiger partial charge in [0.05, 0.1) is 0 Å². The first-order valence-electron chi connectivity index (χ1n) is 7.84. The zero-order chi connectivity index (χ0) is 17.7. The average molecular weight is 341 g/mol. The molecule has 1 atom stereocenters. The van der Waals surface area contributed by atoms with E-state index in [1.54, 1.807) is 0 Å². The van der Waals surface area contributed by atoms with Crippen LogP contribution in [0.1, 0.15) is 30.6 Å². The quantitative estimate of drug-likeness (QED) is 0.855. The highest BCUT2D eigenvalue weighted by atomic mass is 19.3. The van der Waals surface area contributed by atoms with E-state index >= 15 is 0 Å². The number of amides is 2. The monoisotopic (exact) mass is 341 g/mol. The van der Waals surface area contributed by atoms with Crippen LogP contribution in [0.3, 0.4) is 0 Å². The highest BCUT2D eigenvalue weighted by molar-refractivity contribution is 5.98. The summed E-state index contributed by atoms with van der Waals surface area (Å²) in [6, 6.07) is 2.27. The molecule has 8 heteroatoms. The van der Waals surface area contributed by atoms with E-state index in [1.165, 1.54) is 23.2 Å². The maximum Gasteiger partial charge on any atom is 0.272 e. The molecule has 132 valence electrons. The molecule has 1 aromatic heterocycles. The molecular weight excluding hydrogens is 320 g/mol. The van der Waals surface area contributed by atoms with Crippen LogP contribution in [0.15, 0.2) is 18.3 Å². The number of aromatic nitrogens is 1. The maximum absolute atomic E-state index is 12.7. The molecule has 1 aliphatic heterocycles. The SMILES string of the molecule is CC(C)C[C@@H]1C(=O)NCCN1C(=O)c1ccnc(OCC(F)F)c1. The number of hydrogen-bond donors (Lipinski definition) is 1. The van der Waals surface area contributed by atoms with Crippen molar-refractivity contribution in [2.45, 2.75) is 32.7 Å². The van der Waals surface area contributed by atoms with Crippen LogP contribution >= 0.6 is 0 Å². The van der Waals surface area contributed by atoms with Crippen molar-refractivity contribution < 1.29 is 23.1 Å². The minimum atomic E-state index is -2.62. The lowest BCUT2D eigenvalue weighted by Gasteiger charge is -2.36. The number of hydrogen-bond acceptors (Lipinski definition) is 4. The third-order valence-electron chi connectivity index (χ3n) is 3.63. The summed E-state index contributed by atoms with van der Waals surface area (Å²) in [5, 5.41) is 2.76. The Morgan fingerprint density at radius 1 is 1.50 bits per heavy atom. The van der Waals surface area contributed by atoms with Crippen LogP contribution in [0, 0.1) is 5.92 Å². The minimum Gasteiger partial charge on any atom is -0.472 e. The van der Waals surface area contributed by atoms with E-state index in [0.29, 0.717) is 19.5 Å². The summed E-state index contributed by atoms with van der Waals surface area (Å²) >= 11 is 0. The van der Waals surface area contributed by atoms with Gasteiger partial charge < -0.3 is 15.0 Å². The van der Waals surface area contributed by atoms with E-state index in [9.17, 15) is 18.4 Å². The van der Waals surface area contributed by atoms with Crippen molar-refractivity contribution in [1.82, 2.24) is 15.2 Å². The van der Waals surface area contributed by atoms with Gasteiger partial charge in [0.1, 0.15) is 6.04 Å². The fourth-order valence-electron chi connectivity index (χ4n) is 2.57. The molecule has 2 rings (SSSR count). The summed E-state index contributed by atoms with van der Waals surface area (Å²) in [7, 11) is 0. The number of piperazine rings is 1. The fraction of sp³-hybridized carbons (Fsp3) is 0.562. The normalized spacial score (nSPS) is 18.0. The Kier molecular flexibility index (Phi) is 6.05. The Morgan fingerprint density at radius 3 is 2.92 bits per heavy atom. The largest absolute Gasteiger partial charge is 0.472 e. The first kappa shape index (κ1) is 18.1. The van der Waals surface area contributed by atoms with Gasteiger partial charge in [-0.25, -0.2) is 13.8 Å². The van der Waals surface area contributed by atoms with Gasteiger partial charge in [0, 0.05) is 30.9 Å². The van der Waals surface area contributed by atoms with Gasteiger partial charge in [0.2, 0.25) is 11.8 Å². The number of nitrogens with one attached hydrogen (secondary N) is 1. The summed E-state index contributed by atoms with van der Waals surface area (Å²) in [6.07, 6.45) is -0.736. The molecule has 1 N–H and O–H groups in total. The van der Waals surface area contributed by atoms with E-state index in [0.717, 1.165) is 0 Å². The second-order valence-electron chi connectivity index (χ2n) is 6.02. The van der Waals surface area contributed by atoms with Crippen LogP contribution in [0.2, 0.25) is 0 Å². The molecule has 2 amide bonds. The van der Waals surface area contributed by atoms with Gasteiger partial charge in [0.25, 0.3) is 12.3 Å². The molecule has 1 aliphatic rings. The highest BCUT2D eigenvalue weighted by Gasteiger charge is 2.34. The molecule has 0 aromatic carbocycles. The van der Waals surface area contributed by atoms with Crippen LogP contribution in [0.25, 0.3) is 0 Å². The van der Waals surface area contributed by atoms with Crippen molar-refractivity contribution >= 4 is 11.8 Å². The highest BCUT2D eigenvalue weighted by Crippen LogP contribution is 2.19. The van der Waals surface area contributed by atoms with Gasteiger partial charge in [-0.2, -0.15) is 0 Å². The van der Waals surface area contributed by atoms with E-state index in [-0.39, 0.29) is 29.2 Å². The van der Waals surface area contributed by atoms with Gasteiger partial charge in [-0.05, 0) is 18.4 Å². The Bertz CT molecular complexity index is 596. The van der Waals surface area contributed by atoms with Crippen LogP contribution in [0.5, 0.6) is 5.88 Å². The van der Waals surface area contributed by atoms with E-state index in [2.05, 4.69) is 10.3 Å². The molecule has 1 aromatic rings. The van der Waals surface area contributed by atoms with E-state index in [4.69, 9.17) is 4.74 Å². The van der Waals surface area contributed by atoms with Crippen molar-refractivity contribution in [3.63, 3.8) is 0 Å². The van der Waals surface area contributed by atoms with Gasteiger partial charge >= 0.3 is 0 Å². The first-order valence-corrected chi connectivity index (χ1v) is 7.84. The number of carbonyl (C=O) groups is 2. The molecule has 0 unspecified atom stereocenters. The zero-order valence-corrected chi connectivity index (χ0v) is 13.7. The first-order chi connectivity index (χ1) is 11.4. The van der Waals surface area contributed by atoms with Crippen molar-refractivity contribution in [3.05, 3.63) is 23.9 Å². The van der Waals surface area contributed by atoms with Crippen molar-refractivity contribution in [2.75, 3.05) is 19.7 Å². The molecule has 6 nitrogen and oxygen atoms in total. The number of pyridine rings is 1. The van der Waals surface area contributed by atoms with Crippen LogP contribution in [-0.2, 0) is 4.79 Å². The Morgan fingerprint density at radius 2 is 2.25 bits per heavy atom. The predicted octanol–water partition coefficient (Wildman–Crippen LogP) is 1.71. The molecule has 1 saturated heterocycles. The molecule has 1 fully saturated rings. The number of carbonyl (C=O) groups excluding carboxylic acids is 2. The van der Waals surface area contributed by atoms with Gasteiger partial charge in [-0.3, -0.25) is 9.59 Å². The second-order valence-corrected chi connectivity index (χ2v) is 6.02. The van der Waals surface area contributed by atoms with Crippen LogP contribution in [-0.4, -0.2) is 53.9 Å². The molecule has 0 bridgehead atoms. The van der Waals surface area contributed by atoms with E-state index in [1.807, 2.05) is 13.8 Å². The molecule has 0 radical (unpaired) electrons. The Labute approximate surface area is 139 Å². The predicted molar refractivity (Wildman–Crippen MR) is 83.0 cm³/mol. The lowest BCUT2D eigenvalue weighted by Crippen LogP contribution is -2.57. The minimum absolute atomic E-state index is 0.0389. The maximum atomic E-state index is 12.7. The average Bonchev–Trinajstić information content (AvgIpc) is 2.54. The zero-order valence-electron chi connectivity index (χ0n) is 13.7. The van der Waals surface area contributed by atoms with E-state index < -0.39 is 19.1 Å². The summed E-state index contributed by atoms with van der Waals surface area (Å²) in [4.78, 5) is 30.2. The number of alkyl halides is 2. The molecule has 24 heavy (non-hydrogen) atoms. The number of halogens is 2. The third kappa shape index (κ3) is 4.62. The summed E-state index contributed by atoms with van der Waals surface area (Å²) in [6.45, 7) is 3.96. The summed E-state index contributed by atoms with van der Waals surface area (Å²) < 4.78 is 29.3. The van der Waals surface area contributed by atoms with Crippen LogP contribution < -0.4 is 10.1 Å².